The van der Waals surface area contributed by atoms with Crippen molar-refractivity contribution in [3.63, 3.8) is 0 Å². The maximum absolute atomic E-state index is 6.34. The lowest BCUT2D eigenvalue weighted by Gasteiger charge is -2.32. The van der Waals surface area contributed by atoms with Gasteiger partial charge in [-0.05, 0) is 43.7 Å². The molecule has 1 aliphatic rings. The maximum atomic E-state index is 6.34. The third-order valence-corrected chi connectivity index (χ3v) is 4.98. The Kier molecular flexibility index (Phi) is 4.50. The second-order valence-electron chi connectivity index (χ2n) is 5.81. The van der Waals surface area contributed by atoms with E-state index in [-0.39, 0.29) is 0 Å². The molecule has 2 aromatic rings. The third kappa shape index (κ3) is 3.45. The van der Waals surface area contributed by atoms with Gasteiger partial charge < -0.3 is 9.47 Å². The molecule has 0 aromatic heterocycles. The number of fused-ring (bicyclic) bond motifs is 1. The van der Waals surface area contributed by atoms with Gasteiger partial charge in [0.25, 0.3) is 0 Å². The van der Waals surface area contributed by atoms with E-state index in [1.165, 1.54) is 0 Å². The van der Waals surface area contributed by atoms with Crippen molar-refractivity contribution >= 4 is 39.8 Å². The van der Waals surface area contributed by atoms with Gasteiger partial charge in [0.1, 0.15) is 23.7 Å². The largest absolute Gasteiger partial charge is 0.489 e. The second-order valence-corrected chi connectivity index (χ2v) is 7.01. The van der Waals surface area contributed by atoms with Gasteiger partial charge in [-0.3, -0.25) is 0 Å². The zero-order chi connectivity index (χ0) is 16.6. The van der Waals surface area contributed by atoms with Gasteiger partial charge in [-0.2, -0.15) is 0 Å². The average Bonchev–Trinajstić information content (AvgIpc) is 2.52. The van der Waals surface area contributed by atoms with Gasteiger partial charge in [0.05, 0.1) is 10.1 Å². The highest BCUT2D eigenvalue weighted by molar-refractivity contribution is 6.55. The summed E-state index contributed by atoms with van der Waals surface area (Å²) in [7, 11) is 0. The molecule has 2 aromatic carbocycles. The minimum atomic E-state index is -0.652. The van der Waals surface area contributed by atoms with Crippen molar-refractivity contribution < 1.29 is 9.47 Å². The first kappa shape index (κ1) is 16.5. The first-order chi connectivity index (χ1) is 10.9. The van der Waals surface area contributed by atoms with Crippen molar-refractivity contribution in [2.45, 2.75) is 26.1 Å². The second kappa shape index (κ2) is 6.27. The van der Waals surface area contributed by atoms with Gasteiger partial charge in [-0.25, -0.2) is 0 Å². The van der Waals surface area contributed by atoms with E-state index in [0.717, 1.165) is 11.1 Å². The molecule has 0 spiro atoms. The lowest BCUT2D eigenvalue weighted by Crippen LogP contribution is -2.32. The number of hydrogen-bond acceptors (Lipinski definition) is 2. The van der Waals surface area contributed by atoms with Crippen molar-refractivity contribution in [1.82, 2.24) is 0 Å². The molecule has 5 heteroatoms. The topological polar surface area (TPSA) is 18.5 Å². The van der Waals surface area contributed by atoms with Crippen molar-refractivity contribution in [2.24, 2.45) is 0 Å². The number of halogens is 3. The van der Waals surface area contributed by atoms with Crippen LogP contribution in [-0.4, -0.2) is 5.60 Å². The van der Waals surface area contributed by atoms with Crippen molar-refractivity contribution in [3.8, 4) is 11.5 Å². The smallest absolute Gasteiger partial charge is 0.140 e. The summed E-state index contributed by atoms with van der Waals surface area (Å²) in [4.78, 5) is 0. The van der Waals surface area contributed by atoms with Crippen molar-refractivity contribution in [2.75, 3.05) is 0 Å². The fraction of sp³-hybridized carbons (Fsp3) is 0.222. The molecule has 0 saturated heterocycles. The van der Waals surface area contributed by atoms with Crippen molar-refractivity contribution in [1.29, 1.82) is 0 Å². The summed E-state index contributed by atoms with van der Waals surface area (Å²) in [5, 5.41) is 1.72. The predicted molar refractivity (Wildman–Crippen MR) is 95.6 cm³/mol. The van der Waals surface area contributed by atoms with Gasteiger partial charge in [0.15, 0.2) is 0 Å². The Hall–Kier alpha value is -1.35. The molecule has 0 saturated carbocycles. The zero-order valence-corrected chi connectivity index (χ0v) is 15.0. The Balaban J connectivity index is 1.81. The molecule has 0 radical (unpaired) electrons. The molecular formula is C18H15Cl3O2. The van der Waals surface area contributed by atoms with Crippen LogP contribution in [0.15, 0.2) is 47.5 Å². The number of ether oxygens (including phenoxy) is 2. The molecule has 23 heavy (non-hydrogen) atoms. The monoisotopic (exact) mass is 368 g/mol. The number of benzene rings is 2. The molecule has 0 atom stereocenters. The summed E-state index contributed by atoms with van der Waals surface area (Å²) in [6.07, 6.45) is 0. The van der Waals surface area contributed by atoms with Crippen LogP contribution in [-0.2, 0) is 6.61 Å². The highest BCUT2D eigenvalue weighted by atomic mass is 35.5. The van der Waals surface area contributed by atoms with Gasteiger partial charge in [0.2, 0.25) is 0 Å². The Bertz CT molecular complexity index is 764. The minimum absolute atomic E-state index is 0.448. The van der Waals surface area contributed by atoms with Crippen LogP contribution in [0.5, 0.6) is 11.5 Å². The average molecular weight is 370 g/mol. The summed E-state index contributed by atoms with van der Waals surface area (Å²) in [5.41, 5.74) is 1.16. The molecule has 1 heterocycles. The van der Waals surface area contributed by atoms with E-state index in [2.05, 4.69) is 0 Å². The van der Waals surface area contributed by atoms with E-state index < -0.39 is 5.60 Å². The fourth-order valence-electron chi connectivity index (χ4n) is 2.31. The van der Waals surface area contributed by atoms with Crippen LogP contribution in [0.25, 0.3) is 5.03 Å². The van der Waals surface area contributed by atoms with Gasteiger partial charge >= 0.3 is 0 Å². The van der Waals surface area contributed by atoms with E-state index >= 15 is 0 Å². The number of hydrogen-bond donors (Lipinski definition) is 0. The molecular weight excluding hydrogens is 355 g/mol. The van der Waals surface area contributed by atoms with Crippen LogP contribution in [0, 0.1) is 0 Å². The summed E-state index contributed by atoms with van der Waals surface area (Å²) in [6, 6.07) is 13.1. The van der Waals surface area contributed by atoms with Gasteiger partial charge in [-0.1, -0.05) is 46.9 Å². The quantitative estimate of drug-likeness (QED) is 0.638. The van der Waals surface area contributed by atoms with Gasteiger partial charge in [-0.15, -0.1) is 0 Å². The van der Waals surface area contributed by atoms with E-state index in [0.29, 0.717) is 33.2 Å². The molecule has 3 rings (SSSR count). The van der Waals surface area contributed by atoms with E-state index in [9.17, 15) is 0 Å². The van der Waals surface area contributed by atoms with Crippen LogP contribution in [0.2, 0.25) is 5.02 Å². The molecule has 0 bridgehead atoms. The highest BCUT2D eigenvalue weighted by Crippen LogP contribution is 2.45. The van der Waals surface area contributed by atoms with E-state index in [1.54, 1.807) is 0 Å². The van der Waals surface area contributed by atoms with Crippen LogP contribution in [0.3, 0.4) is 0 Å². The van der Waals surface area contributed by atoms with Gasteiger partial charge in [0, 0.05) is 16.7 Å². The zero-order valence-electron chi connectivity index (χ0n) is 12.7. The molecule has 0 amide bonds. The maximum Gasteiger partial charge on any atom is 0.140 e. The molecule has 0 fully saturated rings. The predicted octanol–water partition coefficient (Wildman–Crippen LogP) is 6.24. The molecule has 0 unspecified atom stereocenters. The summed E-state index contributed by atoms with van der Waals surface area (Å²) < 4.78 is 11.8. The molecule has 2 nitrogen and oxygen atoms in total. The Morgan fingerprint density at radius 2 is 1.70 bits per heavy atom. The standard InChI is InChI=1S/C18H15Cl3O2/c1-18(2)17(21)16(20)14-8-7-13(9-15(14)23-18)22-10-11-3-5-12(19)6-4-11/h3-9H,10H2,1-2H3. The van der Waals surface area contributed by atoms with Crippen LogP contribution >= 0.6 is 34.8 Å². The lowest BCUT2D eigenvalue weighted by molar-refractivity contribution is 0.152. The Morgan fingerprint density at radius 1 is 1.00 bits per heavy atom. The summed E-state index contributed by atoms with van der Waals surface area (Å²) in [5.74, 6) is 1.37. The molecule has 120 valence electrons. The third-order valence-electron chi connectivity index (χ3n) is 3.59. The first-order valence-electron chi connectivity index (χ1n) is 7.13. The highest BCUT2D eigenvalue weighted by Gasteiger charge is 2.33. The molecule has 1 aliphatic heterocycles. The van der Waals surface area contributed by atoms with Crippen molar-refractivity contribution in [3.05, 3.63) is 63.6 Å². The summed E-state index contributed by atoms with van der Waals surface area (Å²) >= 11 is 18.5. The van der Waals surface area contributed by atoms with E-state index in [1.807, 2.05) is 56.3 Å². The molecule has 0 aliphatic carbocycles. The normalized spacial score (nSPS) is 15.9. The first-order valence-corrected chi connectivity index (χ1v) is 8.26. The minimum Gasteiger partial charge on any atom is -0.489 e. The molecule has 0 N–H and O–H groups in total. The van der Waals surface area contributed by atoms with Crippen LogP contribution < -0.4 is 9.47 Å². The summed E-state index contributed by atoms with van der Waals surface area (Å²) in [6.45, 7) is 4.20. The SMILES string of the molecule is CC1(C)Oc2cc(OCc3ccc(Cl)cc3)ccc2C(Cl)=C1Cl. The van der Waals surface area contributed by atoms with E-state index in [4.69, 9.17) is 44.3 Å². The number of rotatable bonds is 3. The lowest BCUT2D eigenvalue weighted by atomic mass is 10.0. The van der Waals surface area contributed by atoms with Crippen LogP contribution in [0.4, 0.5) is 0 Å². The Morgan fingerprint density at radius 3 is 2.39 bits per heavy atom. The van der Waals surface area contributed by atoms with Crippen LogP contribution in [0.1, 0.15) is 25.0 Å². The Labute approximate surface area is 150 Å². The fourth-order valence-corrected chi connectivity index (χ4v) is 2.96.